The lowest BCUT2D eigenvalue weighted by molar-refractivity contribution is 0.611. The molecule has 0 aromatic rings. The predicted octanol–water partition coefficient (Wildman–Crippen LogP) is 6.43. The fourth-order valence-electron chi connectivity index (χ4n) is 1.97. The second-order valence-corrected chi connectivity index (χ2v) is 4.88. The van der Waals surface area contributed by atoms with Gasteiger partial charge in [-0.1, -0.05) is 63.3 Å². The van der Waals surface area contributed by atoms with Crippen LogP contribution in [-0.2, 0) is 0 Å². The van der Waals surface area contributed by atoms with Crippen LogP contribution in [0.25, 0.3) is 0 Å². The second kappa shape index (κ2) is 15.5. The van der Waals surface area contributed by atoms with Crippen LogP contribution in [0.2, 0.25) is 0 Å². The minimum atomic E-state index is 1.25. The van der Waals surface area contributed by atoms with Crippen LogP contribution >= 0.6 is 0 Å². The monoisotopic (exact) mass is 236 g/mol. The zero-order chi connectivity index (χ0) is 12.6. The molecule has 0 aliphatic heterocycles. The van der Waals surface area contributed by atoms with E-state index in [1.807, 2.05) is 0 Å². The van der Waals surface area contributed by atoms with Crippen LogP contribution in [0, 0.1) is 0 Å². The predicted molar refractivity (Wildman–Crippen MR) is 80.4 cm³/mol. The minimum Gasteiger partial charge on any atom is -0.0917 e. The van der Waals surface area contributed by atoms with Crippen molar-refractivity contribution in [2.75, 3.05) is 0 Å². The molecule has 100 valence electrons. The Hall–Kier alpha value is -0.520. The van der Waals surface area contributed by atoms with E-state index >= 15 is 0 Å². The maximum atomic E-state index is 2.38. The Morgan fingerprint density at radius 2 is 1.06 bits per heavy atom. The second-order valence-electron chi connectivity index (χ2n) is 4.88. The number of hydrogen-bond donors (Lipinski definition) is 0. The average Bonchev–Trinajstić information content (AvgIpc) is 2.35. The molecule has 0 atom stereocenters. The first-order valence-corrected chi connectivity index (χ1v) is 7.68. The van der Waals surface area contributed by atoms with E-state index in [2.05, 4.69) is 38.2 Å². The highest BCUT2D eigenvalue weighted by atomic mass is 13.9. The third-order valence-electron chi connectivity index (χ3n) is 3.12. The molecule has 17 heavy (non-hydrogen) atoms. The van der Waals surface area contributed by atoms with Crippen LogP contribution in [-0.4, -0.2) is 0 Å². The maximum absolute atomic E-state index is 2.38. The SMILES string of the molecule is C/C=C/CCCC/C=C\CCCCCCCC. The minimum absolute atomic E-state index is 1.25. The Labute approximate surface area is 109 Å². The van der Waals surface area contributed by atoms with Gasteiger partial charge in [-0.15, -0.1) is 0 Å². The van der Waals surface area contributed by atoms with Crippen molar-refractivity contribution in [3.05, 3.63) is 24.3 Å². The van der Waals surface area contributed by atoms with Crippen molar-refractivity contribution in [1.29, 1.82) is 0 Å². The molecular formula is C17H32. The molecule has 0 heteroatoms. The van der Waals surface area contributed by atoms with E-state index in [-0.39, 0.29) is 0 Å². The van der Waals surface area contributed by atoms with E-state index in [0.29, 0.717) is 0 Å². The zero-order valence-electron chi connectivity index (χ0n) is 12.1. The van der Waals surface area contributed by atoms with E-state index in [4.69, 9.17) is 0 Å². The molecule has 0 nitrogen and oxygen atoms in total. The van der Waals surface area contributed by atoms with Gasteiger partial charge in [-0.3, -0.25) is 0 Å². The third-order valence-corrected chi connectivity index (χ3v) is 3.12. The summed E-state index contributed by atoms with van der Waals surface area (Å²) in [5, 5.41) is 0. The van der Waals surface area contributed by atoms with Gasteiger partial charge < -0.3 is 0 Å². The van der Waals surface area contributed by atoms with E-state index in [0.717, 1.165) is 0 Å². The quantitative estimate of drug-likeness (QED) is 0.270. The molecule has 0 saturated heterocycles. The Morgan fingerprint density at radius 3 is 1.65 bits per heavy atom. The van der Waals surface area contributed by atoms with Gasteiger partial charge >= 0.3 is 0 Å². The lowest BCUT2D eigenvalue weighted by Gasteiger charge is -1.97. The molecule has 0 rings (SSSR count). The van der Waals surface area contributed by atoms with Crippen LogP contribution in [0.15, 0.2) is 24.3 Å². The zero-order valence-corrected chi connectivity index (χ0v) is 12.1. The van der Waals surface area contributed by atoms with Gasteiger partial charge in [0.25, 0.3) is 0 Å². The smallest absolute Gasteiger partial charge is 0.0351 e. The van der Waals surface area contributed by atoms with Crippen LogP contribution < -0.4 is 0 Å². The molecule has 0 amide bonds. The molecule has 0 aliphatic rings. The fourth-order valence-corrected chi connectivity index (χ4v) is 1.97. The number of hydrogen-bond acceptors (Lipinski definition) is 0. The summed E-state index contributed by atoms with van der Waals surface area (Å²) >= 11 is 0. The Bertz CT molecular complexity index is 176. The largest absolute Gasteiger partial charge is 0.0917 e. The van der Waals surface area contributed by atoms with E-state index in [1.54, 1.807) is 0 Å². The molecule has 0 bridgehead atoms. The first-order chi connectivity index (χ1) is 8.41. The molecule has 0 aromatic carbocycles. The molecular weight excluding hydrogens is 204 g/mol. The van der Waals surface area contributed by atoms with Crippen molar-refractivity contribution < 1.29 is 0 Å². The van der Waals surface area contributed by atoms with Crippen LogP contribution in [0.1, 0.15) is 84.5 Å². The molecule has 0 fully saturated rings. The Morgan fingerprint density at radius 1 is 0.588 bits per heavy atom. The van der Waals surface area contributed by atoms with Gasteiger partial charge in [-0.05, 0) is 45.4 Å². The van der Waals surface area contributed by atoms with Gasteiger partial charge in [0.1, 0.15) is 0 Å². The standard InChI is InChI=1S/C17H32/c1-3-5-7-9-11-13-15-17-16-14-12-10-8-6-4-2/h3,5,15,17H,4,6-14,16H2,1-2H3/b5-3+,17-15-. The van der Waals surface area contributed by atoms with Crippen LogP contribution in [0.4, 0.5) is 0 Å². The van der Waals surface area contributed by atoms with Crippen molar-refractivity contribution in [3.8, 4) is 0 Å². The summed E-state index contributed by atoms with van der Waals surface area (Å²) in [5.41, 5.74) is 0. The normalized spacial score (nSPS) is 11.9. The van der Waals surface area contributed by atoms with Crippen molar-refractivity contribution in [1.82, 2.24) is 0 Å². The number of allylic oxidation sites excluding steroid dienone is 4. The van der Waals surface area contributed by atoms with E-state index in [9.17, 15) is 0 Å². The molecule has 0 radical (unpaired) electrons. The topological polar surface area (TPSA) is 0 Å². The molecule has 0 saturated carbocycles. The van der Waals surface area contributed by atoms with E-state index < -0.39 is 0 Å². The lowest BCUT2D eigenvalue weighted by atomic mass is 10.1. The van der Waals surface area contributed by atoms with Gasteiger partial charge in [0.15, 0.2) is 0 Å². The lowest BCUT2D eigenvalue weighted by Crippen LogP contribution is -1.78. The van der Waals surface area contributed by atoms with Crippen LogP contribution in [0.3, 0.4) is 0 Å². The van der Waals surface area contributed by atoms with Crippen LogP contribution in [0.5, 0.6) is 0 Å². The molecule has 0 aromatic heterocycles. The Balaban J connectivity index is 3.04. The summed E-state index contributed by atoms with van der Waals surface area (Å²) in [7, 11) is 0. The molecule has 0 spiro atoms. The maximum Gasteiger partial charge on any atom is -0.0351 e. The highest BCUT2D eigenvalue weighted by Gasteiger charge is 1.88. The van der Waals surface area contributed by atoms with Gasteiger partial charge in [0.05, 0.1) is 0 Å². The Kier molecular flexibility index (Phi) is 15.0. The molecule has 0 heterocycles. The highest BCUT2D eigenvalue weighted by molar-refractivity contribution is 4.82. The molecule has 0 N–H and O–H groups in total. The third kappa shape index (κ3) is 15.5. The van der Waals surface area contributed by atoms with Gasteiger partial charge in [-0.25, -0.2) is 0 Å². The first kappa shape index (κ1) is 16.5. The summed E-state index contributed by atoms with van der Waals surface area (Å²) in [4.78, 5) is 0. The first-order valence-electron chi connectivity index (χ1n) is 7.68. The number of unbranched alkanes of at least 4 members (excludes halogenated alkanes) is 9. The summed E-state index contributed by atoms with van der Waals surface area (Å²) < 4.78 is 0. The summed E-state index contributed by atoms with van der Waals surface area (Å²) in [5.74, 6) is 0. The van der Waals surface area contributed by atoms with Gasteiger partial charge in [0, 0.05) is 0 Å². The summed E-state index contributed by atoms with van der Waals surface area (Å²) in [6.07, 6.45) is 24.1. The summed E-state index contributed by atoms with van der Waals surface area (Å²) in [6.45, 7) is 4.37. The fraction of sp³-hybridized carbons (Fsp3) is 0.765. The van der Waals surface area contributed by atoms with Crippen molar-refractivity contribution in [2.24, 2.45) is 0 Å². The molecule has 0 aliphatic carbocycles. The van der Waals surface area contributed by atoms with E-state index in [1.165, 1.54) is 70.6 Å². The van der Waals surface area contributed by atoms with Gasteiger partial charge in [-0.2, -0.15) is 0 Å². The summed E-state index contributed by atoms with van der Waals surface area (Å²) in [6, 6.07) is 0. The number of rotatable bonds is 12. The van der Waals surface area contributed by atoms with Gasteiger partial charge in [0.2, 0.25) is 0 Å². The molecule has 0 unspecified atom stereocenters. The van der Waals surface area contributed by atoms with Crippen molar-refractivity contribution in [3.63, 3.8) is 0 Å². The highest BCUT2D eigenvalue weighted by Crippen LogP contribution is 2.08. The van der Waals surface area contributed by atoms with Crippen molar-refractivity contribution in [2.45, 2.75) is 84.5 Å². The average molecular weight is 236 g/mol. The van der Waals surface area contributed by atoms with Crippen molar-refractivity contribution >= 4 is 0 Å².